The summed E-state index contributed by atoms with van der Waals surface area (Å²) in [5, 5.41) is 0. The SMILES string of the molecule is NC1(c2cccc(Br)c2)CC1(F)F. The van der Waals surface area contributed by atoms with E-state index in [4.69, 9.17) is 5.73 Å². The number of rotatable bonds is 1. The summed E-state index contributed by atoms with van der Waals surface area (Å²) >= 11 is 3.22. The van der Waals surface area contributed by atoms with Gasteiger partial charge in [0.05, 0.1) is 0 Å². The molecule has 2 rings (SSSR count). The molecule has 0 radical (unpaired) electrons. The first-order chi connectivity index (χ1) is 5.96. The maximum absolute atomic E-state index is 12.9. The van der Waals surface area contributed by atoms with Crippen molar-refractivity contribution in [2.75, 3.05) is 0 Å². The Labute approximate surface area is 83.1 Å². The molecule has 1 aliphatic rings. The van der Waals surface area contributed by atoms with Crippen molar-refractivity contribution in [3.05, 3.63) is 34.3 Å². The Morgan fingerprint density at radius 1 is 1.38 bits per heavy atom. The third-order valence-corrected chi connectivity index (χ3v) is 2.86. The molecule has 0 bridgehead atoms. The molecule has 1 fully saturated rings. The van der Waals surface area contributed by atoms with E-state index in [1.54, 1.807) is 24.3 Å². The van der Waals surface area contributed by atoms with Gasteiger partial charge >= 0.3 is 0 Å². The molecule has 13 heavy (non-hydrogen) atoms. The highest BCUT2D eigenvalue weighted by Gasteiger charge is 2.69. The minimum Gasteiger partial charge on any atom is -0.316 e. The fourth-order valence-electron chi connectivity index (χ4n) is 1.39. The standard InChI is InChI=1S/C9H8BrF2N/c10-7-3-1-2-6(4-7)8(13)5-9(8,11)12/h1-4H,5,13H2. The van der Waals surface area contributed by atoms with Crippen molar-refractivity contribution >= 4 is 15.9 Å². The normalized spacial score (nSPS) is 30.2. The van der Waals surface area contributed by atoms with Gasteiger partial charge in [0.1, 0.15) is 5.54 Å². The average Bonchev–Trinajstić information content (AvgIpc) is 2.53. The fourth-order valence-corrected chi connectivity index (χ4v) is 1.78. The molecule has 1 saturated carbocycles. The summed E-state index contributed by atoms with van der Waals surface area (Å²) in [6, 6.07) is 6.77. The Morgan fingerprint density at radius 3 is 2.46 bits per heavy atom. The van der Waals surface area contributed by atoms with Crippen molar-refractivity contribution in [3.8, 4) is 0 Å². The van der Waals surface area contributed by atoms with E-state index in [9.17, 15) is 8.78 Å². The summed E-state index contributed by atoms with van der Waals surface area (Å²) in [6.07, 6.45) is -0.254. The summed E-state index contributed by atoms with van der Waals surface area (Å²) in [5.74, 6) is -2.74. The third-order valence-electron chi connectivity index (χ3n) is 2.37. The molecule has 1 aromatic rings. The summed E-state index contributed by atoms with van der Waals surface area (Å²) < 4.78 is 26.5. The summed E-state index contributed by atoms with van der Waals surface area (Å²) in [6.45, 7) is 0. The van der Waals surface area contributed by atoms with Gasteiger partial charge < -0.3 is 5.73 Å². The molecule has 4 heteroatoms. The van der Waals surface area contributed by atoms with E-state index < -0.39 is 11.5 Å². The molecule has 1 unspecified atom stereocenters. The number of benzene rings is 1. The van der Waals surface area contributed by atoms with Crippen molar-refractivity contribution in [3.63, 3.8) is 0 Å². The molecule has 1 atom stereocenters. The third kappa shape index (κ3) is 1.28. The van der Waals surface area contributed by atoms with Crippen molar-refractivity contribution in [1.82, 2.24) is 0 Å². The van der Waals surface area contributed by atoms with E-state index in [-0.39, 0.29) is 6.42 Å². The summed E-state index contributed by atoms with van der Waals surface area (Å²) in [7, 11) is 0. The molecule has 0 aliphatic heterocycles. The summed E-state index contributed by atoms with van der Waals surface area (Å²) in [5.41, 5.74) is 4.60. The number of nitrogens with two attached hydrogens (primary N) is 1. The van der Waals surface area contributed by atoms with E-state index >= 15 is 0 Å². The van der Waals surface area contributed by atoms with Crippen LogP contribution in [0.3, 0.4) is 0 Å². The minimum absolute atomic E-state index is 0.254. The lowest BCUT2D eigenvalue weighted by Gasteiger charge is -2.10. The van der Waals surface area contributed by atoms with Crippen LogP contribution in [0.1, 0.15) is 12.0 Å². The van der Waals surface area contributed by atoms with Crippen LogP contribution in [0.2, 0.25) is 0 Å². The van der Waals surface area contributed by atoms with Crippen LogP contribution in [0.15, 0.2) is 28.7 Å². The zero-order chi connectivity index (χ0) is 9.69. The molecular weight excluding hydrogens is 240 g/mol. The molecule has 70 valence electrons. The van der Waals surface area contributed by atoms with Crippen molar-refractivity contribution in [2.45, 2.75) is 17.9 Å². The molecule has 0 amide bonds. The first-order valence-corrected chi connectivity index (χ1v) is 4.68. The number of hydrogen-bond acceptors (Lipinski definition) is 1. The summed E-state index contributed by atoms with van der Waals surface area (Å²) in [4.78, 5) is 0. The second kappa shape index (κ2) is 2.51. The monoisotopic (exact) mass is 247 g/mol. The maximum atomic E-state index is 12.9. The van der Waals surface area contributed by atoms with Crippen molar-refractivity contribution in [2.24, 2.45) is 5.73 Å². The van der Waals surface area contributed by atoms with Crippen molar-refractivity contribution < 1.29 is 8.78 Å². The molecular formula is C9H8BrF2N. The van der Waals surface area contributed by atoms with E-state index in [0.29, 0.717) is 5.56 Å². The molecule has 1 aromatic carbocycles. The molecule has 0 spiro atoms. The quantitative estimate of drug-likeness (QED) is 0.812. The van der Waals surface area contributed by atoms with Crippen LogP contribution in [0.5, 0.6) is 0 Å². The van der Waals surface area contributed by atoms with Gasteiger partial charge in [0.2, 0.25) is 0 Å². The van der Waals surface area contributed by atoms with Crippen LogP contribution in [0.25, 0.3) is 0 Å². The van der Waals surface area contributed by atoms with Gasteiger partial charge in [-0.15, -0.1) is 0 Å². The van der Waals surface area contributed by atoms with Gasteiger partial charge in [-0.3, -0.25) is 0 Å². The first-order valence-electron chi connectivity index (χ1n) is 3.88. The lowest BCUT2D eigenvalue weighted by Crippen LogP contribution is -2.26. The Balaban J connectivity index is 2.38. The highest BCUT2D eigenvalue weighted by atomic mass is 79.9. The fraction of sp³-hybridized carbons (Fsp3) is 0.333. The molecule has 2 N–H and O–H groups in total. The number of halogens is 3. The Hall–Kier alpha value is -0.480. The Kier molecular flexibility index (Phi) is 1.76. The van der Waals surface area contributed by atoms with Crippen LogP contribution < -0.4 is 5.73 Å². The topological polar surface area (TPSA) is 26.0 Å². The number of hydrogen-bond donors (Lipinski definition) is 1. The largest absolute Gasteiger partial charge is 0.316 e. The molecule has 1 nitrogen and oxygen atoms in total. The van der Waals surface area contributed by atoms with Gasteiger partial charge in [0, 0.05) is 10.9 Å². The first kappa shape index (κ1) is 9.09. The van der Waals surface area contributed by atoms with Gasteiger partial charge in [-0.05, 0) is 17.7 Å². The van der Waals surface area contributed by atoms with E-state index in [2.05, 4.69) is 15.9 Å². The predicted molar refractivity (Wildman–Crippen MR) is 49.6 cm³/mol. The molecule has 0 heterocycles. The zero-order valence-electron chi connectivity index (χ0n) is 6.73. The Morgan fingerprint density at radius 2 is 2.00 bits per heavy atom. The van der Waals surface area contributed by atoms with Gasteiger partial charge in [-0.1, -0.05) is 28.1 Å². The second-order valence-corrected chi connectivity index (χ2v) is 4.28. The van der Waals surface area contributed by atoms with Crippen molar-refractivity contribution in [1.29, 1.82) is 0 Å². The van der Waals surface area contributed by atoms with Crippen LogP contribution in [-0.2, 0) is 5.54 Å². The maximum Gasteiger partial charge on any atom is 0.272 e. The van der Waals surface area contributed by atoms with Gasteiger partial charge in [-0.25, -0.2) is 8.78 Å². The smallest absolute Gasteiger partial charge is 0.272 e. The Bertz CT molecular complexity index is 353. The van der Waals surface area contributed by atoms with E-state index in [1.165, 1.54) is 0 Å². The predicted octanol–water partition coefficient (Wildman–Crippen LogP) is 2.64. The van der Waals surface area contributed by atoms with Gasteiger partial charge in [0.15, 0.2) is 0 Å². The molecule has 0 aromatic heterocycles. The van der Waals surface area contributed by atoms with Crippen LogP contribution >= 0.6 is 15.9 Å². The minimum atomic E-state index is -2.74. The number of alkyl halides is 2. The molecule has 0 saturated heterocycles. The van der Waals surface area contributed by atoms with Crippen LogP contribution in [0, 0.1) is 0 Å². The zero-order valence-corrected chi connectivity index (χ0v) is 8.31. The van der Waals surface area contributed by atoms with Gasteiger partial charge in [0.25, 0.3) is 5.92 Å². The average molecular weight is 248 g/mol. The second-order valence-electron chi connectivity index (χ2n) is 3.36. The van der Waals surface area contributed by atoms with E-state index in [1.807, 2.05) is 0 Å². The molecule has 1 aliphatic carbocycles. The lowest BCUT2D eigenvalue weighted by molar-refractivity contribution is 0.0891. The van der Waals surface area contributed by atoms with Crippen LogP contribution in [0.4, 0.5) is 8.78 Å². The highest BCUT2D eigenvalue weighted by Crippen LogP contribution is 2.57. The highest BCUT2D eigenvalue weighted by molar-refractivity contribution is 9.10. The van der Waals surface area contributed by atoms with E-state index in [0.717, 1.165) is 4.47 Å². The lowest BCUT2D eigenvalue weighted by atomic mass is 10.1. The van der Waals surface area contributed by atoms with Crippen LogP contribution in [-0.4, -0.2) is 5.92 Å². The van der Waals surface area contributed by atoms with Gasteiger partial charge in [-0.2, -0.15) is 0 Å².